The van der Waals surface area contributed by atoms with E-state index in [0.29, 0.717) is 16.3 Å². The Morgan fingerprint density at radius 3 is 2.67 bits per heavy atom. The number of amides is 2. The minimum absolute atomic E-state index is 0.250. The summed E-state index contributed by atoms with van der Waals surface area (Å²) in [7, 11) is 0. The van der Waals surface area contributed by atoms with E-state index in [1.165, 1.54) is 6.07 Å². The van der Waals surface area contributed by atoms with Crippen LogP contribution in [-0.4, -0.2) is 17.8 Å². The third-order valence-corrected chi connectivity index (χ3v) is 4.90. The average Bonchev–Trinajstić information content (AvgIpc) is 2.80. The van der Waals surface area contributed by atoms with Crippen molar-refractivity contribution >= 4 is 35.1 Å². The number of anilines is 1. The highest BCUT2D eigenvalue weighted by Gasteiger charge is 2.52. The van der Waals surface area contributed by atoms with Crippen molar-refractivity contribution in [3.05, 3.63) is 28.8 Å². The zero-order valence-corrected chi connectivity index (χ0v) is 13.9. The average molecular weight is 351 g/mol. The molecule has 1 aliphatic heterocycles. The first-order valence-corrected chi connectivity index (χ1v) is 8.43. The molecule has 1 saturated carbocycles. The minimum Gasteiger partial charge on any atom is -0.443 e. The summed E-state index contributed by atoms with van der Waals surface area (Å²) in [6, 6.07) is 4.77. The molecule has 2 aliphatic rings. The molecule has 3 N–H and O–H groups in total. The fourth-order valence-corrected chi connectivity index (χ4v) is 3.63. The van der Waals surface area contributed by atoms with E-state index in [9.17, 15) is 14.4 Å². The second kappa shape index (κ2) is 6.43. The number of rotatable bonds is 4. The monoisotopic (exact) mass is 350 g/mol. The van der Waals surface area contributed by atoms with Gasteiger partial charge in [0.15, 0.2) is 0 Å². The van der Waals surface area contributed by atoms with Crippen LogP contribution in [0.25, 0.3) is 0 Å². The van der Waals surface area contributed by atoms with Crippen LogP contribution < -0.4 is 11.1 Å². The number of benzene rings is 1. The van der Waals surface area contributed by atoms with E-state index < -0.39 is 29.8 Å². The van der Waals surface area contributed by atoms with Gasteiger partial charge in [-0.25, -0.2) is 0 Å². The van der Waals surface area contributed by atoms with Crippen LogP contribution in [0.2, 0.25) is 5.02 Å². The fourth-order valence-electron chi connectivity index (χ4n) is 3.46. The van der Waals surface area contributed by atoms with Gasteiger partial charge in [-0.15, -0.1) is 0 Å². The Morgan fingerprint density at radius 2 is 2.00 bits per heavy atom. The first-order chi connectivity index (χ1) is 11.4. The molecule has 0 aromatic heterocycles. The van der Waals surface area contributed by atoms with E-state index in [0.717, 1.165) is 32.1 Å². The molecule has 128 valence electrons. The fraction of sp³-hybridized carbons (Fsp3) is 0.471. The Balaban J connectivity index is 1.96. The Labute approximate surface area is 144 Å². The Bertz CT molecular complexity index is 700. The lowest BCUT2D eigenvalue weighted by Gasteiger charge is -2.29. The number of primary amides is 1. The van der Waals surface area contributed by atoms with Crippen LogP contribution in [0.4, 0.5) is 5.69 Å². The van der Waals surface area contributed by atoms with Gasteiger partial charge in [0.25, 0.3) is 5.91 Å². The van der Waals surface area contributed by atoms with Crippen molar-refractivity contribution in [2.45, 2.75) is 44.1 Å². The third-order valence-electron chi connectivity index (χ3n) is 4.67. The smallest absolute Gasteiger partial charge is 0.310 e. The van der Waals surface area contributed by atoms with E-state index in [4.69, 9.17) is 22.1 Å². The number of esters is 1. The van der Waals surface area contributed by atoms with Crippen LogP contribution in [0.3, 0.4) is 0 Å². The van der Waals surface area contributed by atoms with E-state index in [-0.39, 0.29) is 5.92 Å². The first-order valence-electron chi connectivity index (χ1n) is 8.05. The van der Waals surface area contributed by atoms with E-state index in [1.807, 2.05) is 0 Å². The lowest BCUT2D eigenvalue weighted by atomic mass is 9.87. The molecule has 3 rings (SSSR count). The molecule has 7 heteroatoms. The number of carbonyl (C=O) groups excluding carboxylic acids is 3. The normalized spacial score (nSPS) is 23.5. The lowest BCUT2D eigenvalue weighted by Crippen LogP contribution is -2.44. The van der Waals surface area contributed by atoms with Gasteiger partial charge < -0.3 is 15.8 Å². The summed E-state index contributed by atoms with van der Waals surface area (Å²) in [4.78, 5) is 36.7. The van der Waals surface area contributed by atoms with Crippen LogP contribution in [0, 0.1) is 5.92 Å². The lowest BCUT2D eigenvalue weighted by molar-refractivity contribution is -0.173. The van der Waals surface area contributed by atoms with Gasteiger partial charge in [0, 0.05) is 16.3 Å². The molecule has 2 amide bonds. The topological polar surface area (TPSA) is 98.5 Å². The van der Waals surface area contributed by atoms with Crippen LogP contribution in [0.5, 0.6) is 0 Å². The van der Waals surface area contributed by atoms with E-state index >= 15 is 0 Å². The van der Waals surface area contributed by atoms with Crippen molar-refractivity contribution < 1.29 is 19.1 Å². The molecular formula is C17H19ClN2O4. The van der Waals surface area contributed by atoms with E-state index in [1.54, 1.807) is 12.1 Å². The van der Waals surface area contributed by atoms with Gasteiger partial charge in [0.2, 0.25) is 11.5 Å². The highest BCUT2D eigenvalue weighted by atomic mass is 35.5. The highest BCUT2D eigenvalue weighted by Crippen LogP contribution is 2.43. The molecule has 1 aromatic rings. The maximum atomic E-state index is 12.6. The number of carbonyl (C=O) groups is 3. The quantitative estimate of drug-likeness (QED) is 0.815. The van der Waals surface area contributed by atoms with Crippen LogP contribution in [0.1, 0.15) is 44.1 Å². The number of halogens is 1. The summed E-state index contributed by atoms with van der Waals surface area (Å²) >= 11 is 6.02. The molecule has 6 nitrogen and oxygen atoms in total. The van der Waals surface area contributed by atoms with Crippen molar-refractivity contribution in [1.29, 1.82) is 0 Å². The molecule has 0 saturated heterocycles. The minimum atomic E-state index is -1.74. The predicted molar refractivity (Wildman–Crippen MR) is 88.2 cm³/mol. The summed E-state index contributed by atoms with van der Waals surface area (Å²) in [5.74, 6) is -2.00. The van der Waals surface area contributed by atoms with Crippen molar-refractivity contribution in [2.75, 3.05) is 5.32 Å². The Hall–Kier alpha value is -2.08. The predicted octanol–water partition coefficient (Wildman–Crippen LogP) is 2.49. The Kier molecular flexibility index (Phi) is 4.49. The zero-order chi connectivity index (χ0) is 17.3. The SMILES string of the molecule is NC(=O)CC1(OC(=O)C2CCCCC2)C(=O)Nc2ccc(Cl)cc21. The Morgan fingerprint density at radius 1 is 1.29 bits per heavy atom. The molecule has 0 spiro atoms. The molecule has 1 fully saturated rings. The molecule has 1 aromatic carbocycles. The molecule has 1 unspecified atom stereocenters. The number of hydrogen-bond donors (Lipinski definition) is 2. The van der Waals surface area contributed by atoms with E-state index in [2.05, 4.69) is 5.32 Å². The van der Waals surface area contributed by atoms with Crippen LogP contribution in [-0.2, 0) is 24.7 Å². The molecule has 1 aliphatic carbocycles. The largest absolute Gasteiger partial charge is 0.443 e. The van der Waals surface area contributed by atoms with Crippen molar-refractivity contribution in [1.82, 2.24) is 0 Å². The number of hydrogen-bond acceptors (Lipinski definition) is 4. The van der Waals surface area contributed by atoms with Crippen molar-refractivity contribution in [3.63, 3.8) is 0 Å². The standard InChI is InChI=1S/C17H19ClN2O4/c18-11-6-7-13-12(8-11)17(9-14(19)21,16(23)20-13)24-15(22)10-4-2-1-3-5-10/h6-8,10H,1-5,9H2,(H2,19,21)(H,20,23). The molecule has 0 bridgehead atoms. The first kappa shape index (κ1) is 16.8. The maximum Gasteiger partial charge on any atom is 0.310 e. The number of ether oxygens (including phenoxy) is 1. The molecule has 1 atom stereocenters. The molecule has 1 heterocycles. The van der Waals surface area contributed by atoms with Crippen LogP contribution in [0.15, 0.2) is 18.2 Å². The van der Waals surface area contributed by atoms with Gasteiger partial charge in [-0.1, -0.05) is 30.9 Å². The third kappa shape index (κ3) is 2.98. The number of fused-ring (bicyclic) bond motifs is 1. The van der Waals surface area contributed by atoms with Gasteiger partial charge in [0.1, 0.15) is 0 Å². The van der Waals surface area contributed by atoms with Gasteiger partial charge in [-0.3, -0.25) is 14.4 Å². The second-order valence-corrected chi connectivity index (χ2v) is 6.81. The molecular weight excluding hydrogens is 332 g/mol. The summed E-state index contributed by atoms with van der Waals surface area (Å²) in [5.41, 5.74) is 4.44. The van der Waals surface area contributed by atoms with Crippen molar-refractivity contribution in [3.8, 4) is 0 Å². The number of nitrogens with one attached hydrogen (secondary N) is 1. The summed E-state index contributed by atoms with van der Waals surface area (Å²) in [5, 5.41) is 3.03. The molecule has 24 heavy (non-hydrogen) atoms. The second-order valence-electron chi connectivity index (χ2n) is 6.37. The van der Waals surface area contributed by atoms with Crippen molar-refractivity contribution in [2.24, 2.45) is 11.7 Å². The molecule has 0 radical (unpaired) electrons. The zero-order valence-electron chi connectivity index (χ0n) is 13.1. The van der Waals surface area contributed by atoms with Gasteiger partial charge >= 0.3 is 5.97 Å². The number of nitrogens with two attached hydrogens (primary N) is 1. The van der Waals surface area contributed by atoms with Gasteiger partial charge in [0.05, 0.1) is 12.3 Å². The maximum absolute atomic E-state index is 12.6. The summed E-state index contributed by atoms with van der Waals surface area (Å²) < 4.78 is 5.63. The highest BCUT2D eigenvalue weighted by molar-refractivity contribution is 6.31. The van der Waals surface area contributed by atoms with Gasteiger partial charge in [-0.05, 0) is 31.0 Å². The summed E-state index contributed by atoms with van der Waals surface area (Å²) in [6.45, 7) is 0. The van der Waals surface area contributed by atoms with Crippen LogP contribution >= 0.6 is 11.6 Å². The van der Waals surface area contributed by atoms with Gasteiger partial charge in [-0.2, -0.15) is 0 Å². The summed E-state index contributed by atoms with van der Waals surface area (Å²) in [6.07, 6.45) is 4.05.